The number of carbonyl (C=O) groups is 1. The Morgan fingerprint density at radius 3 is 2.70 bits per heavy atom. The van der Waals surface area contributed by atoms with Crippen LogP contribution < -0.4 is 10.1 Å². The molecule has 37 heavy (non-hydrogen) atoms. The van der Waals surface area contributed by atoms with Gasteiger partial charge in [0.2, 0.25) is 17.6 Å². The molecule has 12 nitrogen and oxygen atoms in total. The van der Waals surface area contributed by atoms with Crippen molar-refractivity contribution in [3.8, 4) is 34.3 Å². The van der Waals surface area contributed by atoms with Crippen molar-refractivity contribution in [1.29, 1.82) is 0 Å². The highest BCUT2D eigenvalue weighted by molar-refractivity contribution is 5.65. The number of amides is 1. The smallest absolute Gasteiger partial charge is 0.404 e. The van der Waals surface area contributed by atoms with Gasteiger partial charge in [-0.2, -0.15) is 10.1 Å². The van der Waals surface area contributed by atoms with Crippen LogP contribution in [0.1, 0.15) is 31.4 Å². The molecule has 4 aromatic rings. The first kappa shape index (κ1) is 24.4. The standard InChI is InChI=1S/C25H26N6O6/c32-15-18(28-25(33)34)13-22-29-24(30-37-22)16-4-7-19(8-5-16)36-21-9-6-17(14-26-21)20-10-11-27-31(20)23-3-1-2-12-35-23/h4-11,14,18,23,28,32H,1-3,12-13,15H2,(H,33,34). The van der Waals surface area contributed by atoms with Gasteiger partial charge in [0.1, 0.15) is 5.75 Å². The van der Waals surface area contributed by atoms with Gasteiger partial charge in [-0.05, 0) is 55.7 Å². The lowest BCUT2D eigenvalue weighted by atomic mass is 10.1. The van der Waals surface area contributed by atoms with Crippen LogP contribution in [0.15, 0.2) is 59.4 Å². The van der Waals surface area contributed by atoms with Crippen molar-refractivity contribution in [2.75, 3.05) is 13.2 Å². The molecule has 5 rings (SSSR count). The number of aliphatic hydroxyl groups excluding tert-OH is 1. The van der Waals surface area contributed by atoms with E-state index in [0.29, 0.717) is 23.0 Å². The molecule has 3 N–H and O–H groups in total. The van der Waals surface area contributed by atoms with Crippen molar-refractivity contribution in [2.24, 2.45) is 0 Å². The number of rotatable bonds is 9. The highest BCUT2D eigenvalue weighted by Gasteiger charge is 2.20. The van der Waals surface area contributed by atoms with Crippen LogP contribution in [0.4, 0.5) is 4.79 Å². The average Bonchev–Trinajstić information content (AvgIpc) is 3.60. The summed E-state index contributed by atoms with van der Waals surface area (Å²) < 4.78 is 18.9. The third-order valence-corrected chi connectivity index (χ3v) is 5.90. The number of aromatic nitrogens is 5. The molecule has 2 unspecified atom stereocenters. The van der Waals surface area contributed by atoms with Crippen molar-refractivity contribution < 1.29 is 29.0 Å². The number of nitrogens with zero attached hydrogens (tertiary/aromatic N) is 5. The summed E-state index contributed by atoms with van der Waals surface area (Å²) in [4.78, 5) is 19.5. The largest absolute Gasteiger partial charge is 0.465 e. The number of nitrogens with one attached hydrogen (secondary N) is 1. The first-order chi connectivity index (χ1) is 18.1. The summed E-state index contributed by atoms with van der Waals surface area (Å²) in [6.07, 6.45) is 5.44. The minimum absolute atomic E-state index is 0.0546. The number of ether oxygens (including phenoxy) is 2. The van der Waals surface area contributed by atoms with Crippen LogP contribution >= 0.6 is 0 Å². The lowest BCUT2D eigenvalue weighted by Crippen LogP contribution is -2.38. The fourth-order valence-electron chi connectivity index (χ4n) is 4.08. The molecular weight excluding hydrogens is 480 g/mol. The normalized spacial score (nSPS) is 16.3. The van der Waals surface area contributed by atoms with Crippen LogP contribution in [0.5, 0.6) is 11.6 Å². The molecule has 0 bridgehead atoms. The Morgan fingerprint density at radius 1 is 1.16 bits per heavy atom. The highest BCUT2D eigenvalue weighted by atomic mass is 16.5. The van der Waals surface area contributed by atoms with E-state index >= 15 is 0 Å². The van der Waals surface area contributed by atoms with Crippen LogP contribution in [0.3, 0.4) is 0 Å². The minimum Gasteiger partial charge on any atom is -0.465 e. The molecule has 0 radical (unpaired) electrons. The van der Waals surface area contributed by atoms with Crippen molar-refractivity contribution in [1.82, 2.24) is 30.2 Å². The SMILES string of the molecule is O=C(O)NC(CO)Cc1nc(-c2ccc(Oc3ccc(-c4ccnn4C4CCCCO4)cn3)cc2)no1. The summed E-state index contributed by atoms with van der Waals surface area (Å²) in [7, 11) is 0. The molecule has 0 aliphatic carbocycles. The van der Waals surface area contributed by atoms with Crippen LogP contribution in [-0.2, 0) is 11.2 Å². The zero-order valence-electron chi connectivity index (χ0n) is 19.9. The van der Waals surface area contributed by atoms with E-state index < -0.39 is 12.1 Å². The van der Waals surface area contributed by atoms with Crippen molar-refractivity contribution in [3.05, 3.63) is 60.7 Å². The van der Waals surface area contributed by atoms with Crippen LogP contribution in [-0.4, -0.2) is 60.5 Å². The summed E-state index contributed by atoms with van der Waals surface area (Å²) in [5, 5.41) is 28.7. The van der Waals surface area contributed by atoms with Gasteiger partial charge >= 0.3 is 6.09 Å². The molecule has 3 aromatic heterocycles. The van der Waals surface area contributed by atoms with Crippen LogP contribution in [0.2, 0.25) is 0 Å². The Morgan fingerprint density at radius 2 is 2.00 bits per heavy atom. The van der Waals surface area contributed by atoms with Gasteiger partial charge in [-0.3, -0.25) is 0 Å². The Labute approximate surface area is 211 Å². The van der Waals surface area contributed by atoms with E-state index in [1.54, 1.807) is 42.7 Å². The second kappa shape index (κ2) is 11.2. The maximum atomic E-state index is 10.8. The molecule has 1 fully saturated rings. The molecule has 1 aliphatic rings. The van der Waals surface area contributed by atoms with E-state index in [0.717, 1.165) is 37.1 Å². The first-order valence-electron chi connectivity index (χ1n) is 11.9. The molecule has 1 aromatic carbocycles. The van der Waals surface area contributed by atoms with Gasteiger partial charge in [0.15, 0.2) is 6.23 Å². The molecule has 1 aliphatic heterocycles. The molecule has 0 saturated carbocycles. The van der Waals surface area contributed by atoms with Gasteiger partial charge < -0.3 is 29.5 Å². The van der Waals surface area contributed by atoms with Gasteiger partial charge in [0.05, 0.1) is 18.3 Å². The van der Waals surface area contributed by atoms with Crippen LogP contribution in [0.25, 0.3) is 22.6 Å². The predicted octanol–water partition coefficient (Wildman–Crippen LogP) is 3.66. The lowest BCUT2D eigenvalue weighted by Gasteiger charge is -2.24. The van der Waals surface area contributed by atoms with E-state index in [1.165, 1.54) is 0 Å². The number of carboxylic acid groups (broad SMARTS) is 1. The molecule has 2 atom stereocenters. The Balaban J connectivity index is 1.22. The van der Waals surface area contributed by atoms with E-state index in [9.17, 15) is 9.90 Å². The Kier molecular flexibility index (Phi) is 7.38. The fraction of sp³-hybridized carbons (Fsp3) is 0.320. The molecule has 12 heteroatoms. The number of benzene rings is 1. The number of aliphatic hydroxyl groups is 1. The Hall–Kier alpha value is -4.29. The number of hydrogen-bond acceptors (Lipinski definition) is 9. The number of pyridine rings is 1. The summed E-state index contributed by atoms with van der Waals surface area (Å²) in [5.74, 6) is 1.58. The van der Waals surface area contributed by atoms with Gasteiger partial charge in [0, 0.05) is 42.6 Å². The second-order valence-corrected chi connectivity index (χ2v) is 8.54. The topological polar surface area (TPSA) is 158 Å². The van der Waals surface area contributed by atoms with E-state index in [4.69, 9.17) is 19.1 Å². The van der Waals surface area contributed by atoms with Crippen molar-refractivity contribution in [3.63, 3.8) is 0 Å². The molecule has 0 spiro atoms. The lowest BCUT2D eigenvalue weighted by molar-refractivity contribution is -0.0383. The zero-order chi connectivity index (χ0) is 25.6. The van der Waals surface area contributed by atoms with Gasteiger partial charge in [-0.1, -0.05) is 5.16 Å². The predicted molar refractivity (Wildman–Crippen MR) is 130 cm³/mol. The summed E-state index contributed by atoms with van der Waals surface area (Å²) in [5.41, 5.74) is 2.55. The van der Waals surface area contributed by atoms with Gasteiger partial charge in [-0.15, -0.1) is 0 Å². The quantitative estimate of drug-likeness (QED) is 0.306. The average molecular weight is 507 g/mol. The van der Waals surface area contributed by atoms with E-state index in [2.05, 4.69) is 25.5 Å². The molecule has 1 amide bonds. The summed E-state index contributed by atoms with van der Waals surface area (Å²) in [6, 6.07) is 12.0. The third-order valence-electron chi connectivity index (χ3n) is 5.90. The number of hydrogen-bond donors (Lipinski definition) is 3. The fourth-order valence-corrected chi connectivity index (χ4v) is 4.08. The van der Waals surface area contributed by atoms with E-state index in [1.807, 2.05) is 16.8 Å². The molecule has 1 saturated heterocycles. The highest BCUT2D eigenvalue weighted by Crippen LogP contribution is 2.29. The van der Waals surface area contributed by atoms with Crippen molar-refractivity contribution in [2.45, 2.75) is 38.0 Å². The maximum absolute atomic E-state index is 10.8. The van der Waals surface area contributed by atoms with Gasteiger partial charge in [-0.25, -0.2) is 14.5 Å². The van der Waals surface area contributed by atoms with Crippen molar-refractivity contribution >= 4 is 6.09 Å². The van der Waals surface area contributed by atoms with Crippen LogP contribution in [0, 0.1) is 0 Å². The molecule has 192 valence electrons. The van der Waals surface area contributed by atoms with Gasteiger partial charge in [0.25, 0.3) is 0 Å². The minimum atomic E-state index is -1.24. The zero-order valence-corrected chi connectivity index (χ0v) is 19.9. The first-order valence-corrected chi connectivity index (χ1v) is 11.9. The third kappa shape index (κ3) is 5.93. The second-order valence-electron chi connectivity index (χ2n) is 8.54. The summed E-state index contributed by atoms with van der Waals surface area (Å²) >= 11 is 0. The maximum Gasteiger partial charge on any atom is 0.404 e. The summed E-state index contributed by atoms with van der Waals surface area (Å²) in [6.45, 7) is 0.361. The molecule has 4 heterocycles. The Bertz CT molecular complexity index is 1310. The van der Waals surface area contributed by atoms with E-state index in [-0.39, 0.29) is 25.1 Å². The molecular formula is C25H26N6O6. The monoisotopic (exact) mass is 506 g/mol.